The molecule has 1 amide bonds. The Hall–Kier alpha value is -2.94. The van der Waals surface area contributed by atoms with Crippen LogP contribution in [0.15, 0.2) is 42.6 Å². The van der Waals surface area contributed by atoms with E-state index < -0.39 is 11.9 Å². The van der Waals surface area contributed by atoms with Gasteiger partial charge in [0.15, 0.2) is 6.61 Å². The molecule has 1 heterocycles. The summed E-state index contributed by atoms with van der Waals surface area (Å²) < 4.78 is 18.0. The second kappa shape index (κ2) is 6.29. The number of hydrogen-bond donors (Lipinski definition) is 1. The van der Waals surface area contributed by atoms with E-state index in [1.807, 2.05) is 6.07 Å². The molecular weight excluding hydrogens is 261 g/mol. The van der Waals surface area contributed by atoms with Crippen molar-refractivity contribution in [3.63, 3.8) is 0 Å². The Morgan fingerprint density at radius 3 is 2.75 bits per heavy atom. The minimum absolute atomic E-state index is 0.0397. The highest BCUT2D eigenvalue weighted by molar-refractivity contribution is 6.04. The first-order valence-electron chi connectivity index (χ1n) is 5.72. The van der Waals surface area contributed by atoms with Gasteiger partial charge in [-0.05, 0) is 30.3 Å². The van der Waals surface area contributed by atoms with Gasteiger partial charge in [0.05, 0.1) is 0 Å². The minimum Gasteiger partial charge on any atom is -0.479 e. The first-order chi connectivity index (χ1) is 9.69. The monoisotopic (exact) mass is 271 g/mol. The Kier molecular flexibility index (Phi) is 4.24. The molecular formula is C14H10FN3O2. The summed E-state index contributed by atoms with van der Waals surface area (Å²) in [5.74, 6) is -0.616. The zero-order chi connectivity index (χ0) is 14.4. The van der Waals surface area contributed by atoms with E-state index in [1.54, 1.807) is 24.3 Å². The van der Waals surface area contributed by atoms with Crippen molar-refractivity contribution in [2.45, 2.75) is 0 Å². The molecule has 0 radical (unpaired) electrons. The van der Waals surface area contributed by atoms with Gasteiger partial charge in [0.2, 0.25) is 5.95 Å². The van der Waals surface area contributed by atoms with Crippen LogP contribution in [0.3, 0.4) is 0 Å². The number of rotatable bonds is 4. The number of carbonyl (C=O) groups excluding carboxylic acids is 1. The fourth-order valence-corrected chi connectivity index (χ4v) is 1.50. The molecule has 0 aliphatic carbocycles. The Labute approximate surface area is 114 Å². The Balaban J connectivity index is 2.03. The van der Waals surface area contributed by atoms with Crippen LogP contribution in [0.2, 0.25) is 0 Å². The summed E-state index contributed by atoms with van der Waals surface area (Å²) in [5.41, 5.74) is 0.721. The first kappa shape index (κ1) is 13.5. The highest BCUT2D eigenvalue weighted by atomic mass is 19.1. The molecule has 0 saturated heterocycles. The maximum absolute atomic E-state index is 12.9. The molecule has 2 aromatic rings. The van der Waals surface area contributed by atoms with Crippen LogP contribution in [0.25, 0.3) is 0 Å². The van der Waals surface area contributed by atoms with Gasteiger partial charge < -0.3 is 10.1 Å². The zero-order valence-electron chi connectivity index (χ0n) is 10.3. The fourth-order valence-electron chi connectivity index (χ4n) is 1.50. The number of halogens is 1. The maximum atomic E-state index is 12.9. The second-order valence-electron chi connectivity index (χ2n) is 3.79. The number of nitrogens with one attached hydrogen (secondary N) is 1. The second-order valence-corrected chi connectivity index (χ2v) is 3.79. The average molecular weight is 271 g/mol. The Morgan fingerprint density at radius 2 is 2.10 bits per heavy atom. The van der Waals surface area contributed by atoms with E-state index in [1.165, 1.54) is 12.3 Å². The van der Waals surface area contributed by atoms with Crippen molar-refractivity contribution in [2.75, 3.05) is 11.9 Å². The van der Waals surface area contributed by atoms with E-state index in [4.69, 9.17) is 10.00 Å². The van der Waals surface area contributed by atoms with Crippen molar-refractivity contribution in [2.24, 2.45) is 0 Å². The molecule has 0 bridgehead atoms. The molecule has 0 atom stereocenters. The van der Waals surface area contributed by atoms with E-state index in [0.29, 0.717) is 11.4 Å². The number of pyridine rings is 1. The summed E-state index contributed by atoms with van der Waals surface area (Å²) in [4.78, 5) is 15.2. The molecule has 0 unspecified atom stereocenters. The number of aromatic nitrogens is 1. The van der Waals surface area contributed by atoms with Crippen LogP contribution in [0.1, 0.15) is 10.4 Å². The lowest BCUT2D eigenvalue weighted by Crippen LogP contribution is -2.12. The molecule has 20 heavy (non-hydrogen) atoms. The lowest BCUT2D eigenvalue weighted by Gasteiger charge is -2.06. The molecule has 6 heteroatoms. The number of amides is 1. The van der Waals surface area contributed by atoms with Crippen LogP contribution in [-0.4, -0.2) is 17.5 Å². The molecule has 2 rings (SSSR count). The SMILES string of the molecule is N#CCOc1ccc(NC(=O)c2ccnc(F)c2)cc1. The fraction of sp³-hybridized carbons (Fsp3) is 0.0714. The van der Waals surface area contributed by atoms with E-state index in [-0.39, 0.29) is 12.2 Å². The van der Waals surface area contributed by atoms with Crippen molar-refractivity contribution in [1.82, 2.24) is 4.98 Å². The van der Waals surface area contributed by atoms with E-state index >= 15 is 0 Å². The molecule has 1 N–H and O–H groups in total. The van der Waals surface area contributed by atoms with Crippen molar-refractivity contribution < 1.29 is 13.9 Å². The van der Waals surface area contributed by atoms with Gasteiger partial charge in [0, 0.05) is 23.5 Å². The van der Waals surface area contributed by atoms with E-state index in [0.717, 1.165) is 6.07 Å². The van der Waals surface area contributed by atoms with Gasteiger partial charge in [0.1, 0.15) is 11.8 Å². The lowest BCUT2D eigenvalue weighted by atomic mass is 10.2. The van der Waals surface area contributed by atoms with Gasteiger partial charge in [-0.15, -0.1) is 0 Å². The summed E-state index contributed by atoms with van der Waals surface area (Å²) in [7, 11) is 0. The average Bonchev–Trinajstić information content (AvgIpc) is 2.46. The van der Waals surface area contributed by atoms with Crippen molar-refractivity contribution in [3.8, 4) is 11.8 Å². The summed E-state index contributed by atoms with van der Waals surface area (Å²) in [5, 5.41) is 11.0. The maximum Gasteiger partial charge on any atom is 0.255 e. The van der Waals surface area contributed by atoms with Crippen molar-refractivity contribution in [3.05, 3.63) is 54.1 Å². The van der Waals surface area contributed by atoms with E-state index in [2.05, 4.69) is 10.3 Å². The molecule has 0 saturated carbocycles. The number of ether oxygens (including phenoxy) is 1. The molecule has 0 fully saturated rings. The minimum atomic E-state index is -0.710. The number of hydrogen-bond acceptors (Lipinski definition) is 4. The molecule has 0 aliphatic rings. The van der Waals surface area contributed by atoms with Gasteiger partial charge in [-0.2, -0.15) is 9.65 Å². The van der Waals surface area contributed by atoms with Crippen molar-refractivity contribution in [1.29, 1.82) is 5.26 Å². The molecule has 1 aromatic carbocycles. The Morgan fingerprint density at radius 1 is 1.35 bits per heavy atom. The summed E-state index contributed by atoms with van der Waals surface area (Å²) in [6.45, 7) is -0.0397. The number of anilines is 1. The van der Waals surface area contributed by atoms with E-state index in [9.17, 15) is 9.18 Å². The number of nitriles is 1. The van der Waals surface area contributed by atoms with Crippen LogP contribution in [0.4, 0.5) is 10.1 Å². The van der Waals surface area contributed by atoms with Crippen LogP contribution in [0.5, 0.6) is 5.75 Å². The smallest absolute Gasteiger partial charge is 0.255 e. The topological polar surface area (TPSA) is 75.0 Å². The van der Waals surface area contributed by atoms with Gasteiger partial charge in [-0.1, -0.05) is 0 Å². The van der Waals surface area contributed by atoms with Crippen LogP contribution >= 0.6 is 0 Å². The van der Waals surface area contributed by atoms with Gasteiger partial charge in [-0.3, -0.25) is 4.79 Å². The molecule has 1 aromatic heterocycles. The third-order valence-corrected chi connectivity index (χ3v) is 2.40. The summed E-state index contributed by atoms with van der Waals surface area (Å²) >= 11 is 0. The predicted molar refractivity (Wildman–Crippen MR) is 69.7 cm³/mol. The molecule has 100 valence electrons. The van der Waals surface area contributed by atoms with Gasteiger partial charge in [-0.25, -0.2) is 4.98 Å². The number of benzene rings is 1. The first-order valence-corrected chi connectivity index (χ1v) is 5.72. The number of nitrogens with zero attached hydrogens (tertiary/aromatic N) is 2. The molecule has 0 aliphatic heterocycles. The van der Waals surface area contributed by atoms with Crippen LogP contribution in [-0.2, 0) is 0 Å². The van der Waals surface area contributed by atoms with Crippen LogP contribution < -0.4 is 10.1 Å². The zero-order valence-corrected chi connectivity index (χ0v) is 10.3. The standard InChI is InChI=1S/C14H10FN3O2/c15-13-9-10(5-7-17-13)14(19)18-11-1-3-12(4-2-11)20-8-6-16/h1-5,7,9H,8H2,(H,18,19). The summed E-state index contributed by atoms with van der Waals surface area (Å²) in [6, 6.07) is 10.8. The normalized spacial score (nSPS) is 9.60. The molecule has 5 nitrogen and oxygen atoms in total. The summed E-state index contributed by atoms with van der Waals surface area (Å²) in [6.07, 6.45) is 1.23. The van der Waals surface area contributed by atoms with Gasteiger partial charge in [0.25, 0.3) is 5.91 Å². The third kappa shape index (κ3) is 3.53. The number of carbonyl (C=O) groups is 1. The lowest BCUT2D eigenvalue weighted by molar-refractivity contribution is 0.102. The molecule has 0 spiro atoms. The third-order valence-electron chi connectivity index (χ3n) is 2.40. The van der Waals surface area contributed by atoms with Gasteiger partial charge >= 0.3 is 0 Å². The largest absolute Gasteiger partial charge is 0.479 e. The van der Waals surface area contributed by atoms with Crippen molar-refractivity contribution >= 4 is 11.6 Å². The predicted octanol–water partition coefficient (Wildman–Crippen LogP) is 2.38. The quantitative estimate of drug-likeness (QED) is 0.866. The highest BCUT2D eigenvalue weighted by Gasteiger charge is 2.07. The Bertz CT molecular complexity index is 650. The highest BCUT2D eigenvalue weighted by Crippen LogP contribution is 2.16. The van der Waals surface area contributed by atoms with Crippen LogP contribution in [0, 0.1) is 17.3 Å².